The van der Waals surface area contributed by atoms with Crippen LogP contribution in [0.25, 0.3) is 11.2 Å². The number of hydrogen-bond donors (Lipinski definition) is 8. The number of aromatic nitrogens is 4. The predicted molar refractivity (Wildman–Crippen MR) is 135 cm³/mol. The molecule has 236 valence electrons. The molecule has 0 aromatic carbocycles. The minimum Gasteiger partial charge on any atom is -0.466 e. The molecule has 23 heteroatoms. The Bertz CT molecular complexity index is 1580. The van der Waals surface area contributed by atoms with Crippen LogP contribution < -0.4 is 11.5 Å². The minimum atomic E-state index is -5.37. The van der Waals surface area contributed by atoms with E-state index in [1.807, 2.05) is 0 Å². The molecule has 3 aromatic rings. The molecular formula is C20H26N6O15P2. The van der Waals surface area contributed by atoms with Gasteiger partial charge in [0.1, 0.15) is 66.6 Å². The van der Waals surface area contributed by atoms with Gasteiger partial charge in [0.25, 0.3) is 5.91 Å². The van der Waals surface area contributed by atoms with Crippen molar-refractivity contribution in [2.45, 2.75) is 49.0 Å². The number of phosphoric acid groups is 2. The second kappa shape index (κ2) is 11.9. The highest BCUT2D eigenvalue weighted by Gasteiger charge is 2.48. The number of carbonyl (C=O) groups excluding carboxylic acids is 1. The van der Waals surface area contributed by atoms with E-state index in [-0.39, 0.29) is 28.3 Å². The minimum absolute atomic E-state index is 0.0394. The average molecular weight is 652 g/mol. The van der Waals surface area contributed by atoms with Crippen LogP contribution in [-0.2, 0) is 32.0 Å². The van der Waals surface area contributed by atoms with Crippen molar-refractivity contribution in [2.24, 2.45) is 5.73 Å². The quantitative estimate of drug-likeness (QED) is 0.102. The summed E-state index contributed by atoms with van der Waals surface area (Å²) in [6, 6.07) is 1.17. The Morgan fingerprint density at radius 2 is 1.58 bits per heavy atom. The van der Waals surface area contributed by atoms with E-state index in [0.29, 0.717) is 0 Å². The highest BCUT2D eigenvalue weighted by atomic mass is 31.3. The Kier molecular flexibility index (Phi) is 8.73. The van der Waals surface area contributed by atoms with Crippen LogP contribution in [0.5, 0.6) is 0 Å². The maximum atomic E-state index is 12.4. The third-order valence-electron chi connectivity index (χ3n) is 6.56. The number of nitrogen functional groups attached to an aromatic ring is 1. The zero-order valence-corrected chi connectivity index (χ0v) is 23.3. The molecule has 0 bridgehead atoms. The second-order valence-corrected chi connectivity index (χ2v) is 12.5. The summed E-state index contributed by atoms with van der Waals surface area (Å²) < 4.78 is 55.6. The lowest BCUT2D eigenvalue weighted by Crippen LogP contribution is -2.33. The summed E-state index contributed by atoms with van der Waals surface area (Å²) in [4.78, 5) is 43.0. The van der Waals surface area contributed by atoms with Crippen LogP contribution in [0.3, 0.4) is 0 Å². The SMILES string of the molecule is NC(=O)c1coc([C@@H]2O[C@H](COP(=O)(O)OP(=O)(O)OC[C@H]3O[C@@H](n4cnc5c(N)ncnc54)[C@H](O)[C@@H]3O)[C@@H](O)[C@H]2O)c1. The Morgan fingerprint density at radius 1 is 0.953 bits per heavy atom. The van der Waals surface area contributed by atoms with Gasteiger partial charge in [0.2, 0.25) is 0 Å². The van der Waals surface area contributed by atoms with Gasteiger partial charge in [-0.05, 0) is 6.07 Å². The molecule has 0 spiro atoms. The van der Waals surface area contributed by atoms with Crippen LogP contribution in [0, 0.1) is 0 Å². The predicted octanol–water partition coefficient (Wildman–Crippen LogP) is -2.17. The third kappa shape index (κ3) is 6.49. The van der Waals surface area contributed by atoms with E-state index < -0.39 is 83.7 Å². The van der Waals surface area contributed by atoms with E-state index in [9.17, 15) is 44.1 Å². The lowest BCUT2D eigenvalue weighted by molar-refractivity contribution is -0.0508. The summed E-state index contributed by atoms with van der Waals surface area (Å²) >= 11 is 0. The van der Waals surface area contributed by atoms with Crippen molar-refractivity contribution >= 4 is 38.5 Å². The Hall–Kier alpha value is -2.88. The van der Waals surface area contributed by atoms with Crippen molar-refractivity contribution in [3.63, 3.8) is 0 Å². The maximum absolute atomic E-state index is 12.4. The monoisotopic (exact) mass is 652 g/mol. The van der Waals surface area contributed by atoms with Gasteiger partial charge in [-0.1, -0.05) is 0 Å². The van der Waals surface area contributed by atoms with Crippen molar-refractivity contribution in [1.82, 2.24) is 19.5 Å². The molecule has 10 atom stereocenters. The molecule has 21 nitrogen and oxygen atoms in total. The third-order valence-corrected chi connectivity index (χ3v) is 9.16. The van der Waals surface area contributed by atoms with E-state index in [2.05, 4.69) is 28.3 Å². The van der Waals surface area contributed by atoms with Crippen molar-refractivity contribution in [2.75, 3.05) is 18.9 Å². The number of furan rings is 1. The Labute approximate surface area is 239 Å². The maximum Gasteiger partial charge on any atom is 0.481 e. The number of amides is 1. The number of primary amides is 1. The smallest absolute Gasteiger partial charge is 0.466 e. The van der Waals surface area contributed by atoms with Gasteiger partial charge < -0.3 is 55.6 Å². The van der Waals surface area contributed by atoms with Gasteiger partial charge in [-0.25, -0.2) is 24.1 Å². The fourth-order valence-corrected chi connectivity index (χ4v) is 6.51. The van der Waals surface area contributed by atoms with Gasteiger partial charge in [-0.15, -0.1) is 0 Å². The largest absolute Gasteiger partial charge is 0.481 e. The first-order valence-corrected chi connectivity index (χ1v) is 15.2. The summed E-state index contributed by atoms with van der Waals surface area (Å²) in [5.41, 5.74) is 11.2. The molecule has 2 fully saturated rings. The number of aliphatic hydroxyl groups excluding tert-OH is 4. The van der Waals surface area contributed by atoms with E-state index in [1.54, 1.807) is 0 Å². The van der Waals surface area contributed by atoms with Crippen molar-refractivity contribution < 1.29 is 71.4 Å². The Morgan fingerprint density at radius 3 is 2.21 bits per heavy atom. The number of hydrogen-bond acceptors (Lipinski definition) is 17. The lowest BCUT2D eigenvalue weighted by Gasteiger charge is -2.20. The van der Waals surface area contributed by atoms with Crippen molar-refractivity contribution in [3.05, 3.63) is 36.3 Å². The molecule has 0 aliphatic carbocycles. The van der Waals surface area contributed by atoms with Crippen LogP contribution in [-0.4, -0.2) is 105 Å². The zero-order valence-electron chi connectivity index (χ0n) is 21.5. The van der Waals surface area contributed by atoms with Gasteiger partial charge in [-0.2, -0.15) is 4.31 Å². The number of nitrogens with two attached hydrogens (primary N) is 2. The molecule has 2 saturated heterocycles. The summed E-state index contributed by atoms with van der Waals surface area (Å²) in [5, 5.41) is 41.4. The molecule has 2 unspecified atom stereocenters. The van der Waals surface area contributed by atoms with Gasteiger partial charge in [-0.3, -0.25) is 18.4 Å². The summed E-state index contributed by atoms with van der Waals surface area (Å²) in [7, 11) is -10.7. The van der Waals surface area contributed by atoms with Gasteiger partial charge >= 0.3 is 15.6 Å². The van der Waals surface area contributed by atoms with E-state index >= 15 is 0 Å². The van der Waals surface area contributed by atoms with E-state index in [4.69, 9.17) is 25.4 Å². The molecule has 3 aromatic heterocycles. The fraction of sp³-hybridized carbons (Fsp3) is 0.500. The zero-order chi connectivity index (χ0) is 31.3. The molecule has 5 rings (SSSR count). The first-order chi connectivity index (χ1) is 20.2. The molecule has 2 aliphatic rings. The average Bonchev–Trinajstić information content (AvgIpc) is 3.70. The first kappa shape index (κ1) is 31.5. The van der Waals surface area contributed by atoms with Crippen LogP contribution in [0.2, 0.25) is 0 Å². The highest BCUT2D eigenvalue weighted by Crippen LogP contribution is 2.60. The molecule has 43 heavy (non-hydrogen) atoms. The number of imidazole rings is 1. The van der Waals surface area contributed by atoms with Gasteiger partial charge in [0.15, 0.2) is 17.7 Å². The number of anilines is 1. The molecule has 2 aliphatic heterocycles. The van der Waals surface area contributed by atoms with E-state index in [1.165, 1.54) is 17.0 Å². The van der Waals surface area contributed by atoms with Crippen LogP contribution in [0.4, 0.5) is 5.82 Å². The highest BCUT2D eigenvalue weighted by molar-refractivity contribution is 7.61. The number of aliphatic hydroxyl groups is 4. The number of rotatable bonds is 11. The van der Waals surface area contributed by atoms with E-state index in [0.717, 1.165) is 12.6 Å². The molecule has 0 radical (unpaired) electrons. The normalized spacial score (nSPS) is 32.1. The van der Waals surface area contributed by atoms with Crippen LogP contribution in [0.15, 0.2) is 29.4 Å². The van der Waals surface area contributed by atoms with Crippen LogP contribution >= 0.6 is 15.6 Å². The summed E-state index contributed by atoms with van der Waals surface area (Å²) in [6.07, 6.45) is -8.67. The van der Waals surface area contributed by atoms with Crippen molar-refractivity contribution in [1.29, 1.82) is 0 Å². The van der Waals surface area contributed by atoms with Gasteiger partial charge in [0, 0.05) is 0 Å². The second-order valence-electron chi connectivity index (χ2n) is 9.42. The van der Waals surface area contributed by atoms with Gasteiger partial charge in [0.05, 0.1) is 25.1 Å². The number of carbonyl (C=O) groups is 1. The first-order valence-electron chi connectivity index (χ1n) is 12.2. The molecule has 1 amide bonds. The molecular weight excluding hydrogens is 626 g/mol. The molecule has 10 N–H and O–H groups in total. The standard InChI is InChI=1S/C20H26N6O15P2/c21-17-11-19(24-5-23-17)26(6-25-11)20-15(30)13(28)10(40-20)4-38-43(34,35)41-42(32,33)37-3-9-12(27)14(29)16(39-9)8-1-7(2-36-8)18(22)31/h1-2,5-6,9-10,12-16,20,27-30H,3-4H2,(H2,22,31)(H,32,33)(H,34,35)(H2,21,23,24)/t9-,10-,12-,13-,14-,15-,16+,20-/m1/s1. The molecule has 5 heterocycles. The molecule has 0 saturated carbocycles. The summed E-state index contributed by atoms with van der Waals surface area (Å²) in [5.74, 6) is -0.858. The number of ether oxygens (including phenoxy) is 2. The summed E-state index contributed by atoms with van der Waals surface area (Å²) in [6.45, 7) is -1.82. The Balaban J connectivity index is 1.15. The topological polar surface area (TPSA) is 328 Å². The number of fused-ring (bicyclic) bond motifs is 1. The number of phosphoric ester groups is 2. The number of nitrogens with zero attached hydrogens (tertiary/aromatic N) is 4. The van der Waals surface area contributed by atoms with Crippen LogP contribution in [0.1, 0.15) is 28.5 Å². The lowest BCUT2D eigenvalue weighted by atomic mass is 10.1. The fourth-order valence-electron chi connectivity index (χ4n) is 4.42. The van der Waals surface area contributed by atoms with Crippen molar-refractivity contribution in [3.8, 4) is 0 Å².